The fourth-order valence-electron chi connectivity index (χ4n) is 6.56. The first-order chi connectivity index (χ1) is 23.1. The Hall–Kier alpha value is -3.85. The molecule has 3 amide bonds. The fraction of sp³-hybridized carbons (Fsp3) is 0.571. The number of benzene rings is 2. The van der Waals surface area contributed by atoms with Crippen LogP contribution in [-0.4, -0.2) is 91.6 Å². The summed E-state index contributed by atoms with van der Waals surface area (Å²) >= 11 is 0. The number of rotatable bonds is 10. The lowest BCUT2D eigenvalue weighted by Gasteiger charge is -2.44. The number of sulfone groups is 1. The van der Waals surface area contributed by atoms with Crippen molar-refractivity contribution >= 4 is 33.4 Å². The van der Waals surface area contributed by atoms with E-state index in [4.69, 9.17) is 4.74 Å². The molecule has 0 aromatic heterocycles. The molecule has 4 atom stereocenters. The molecule has 50 heavy (non-hydrogen) atoms. The SMILES string of the molecule is Cc1ccc(S(=O)(=O)C[C@H]2C[C@H](N(C)C(C)C)CC[C@@H]2N2CC[C@H](NC(=O)c3cc(OC(F)(F)F)ccc3NC(=O)OC(C)(C)C)C2=O)cc1. The molecule has 0 unspecified atom stereocenters. The van der Waals surface area contributed by atoms with Crippen LogP contribution < -0.4 is 15.4 Å². The van der Waals surface area contributed by atoms with Crippen molar-refractivity contribution in [1.29, 1.82) is 0 Å². The summed E-state index contributed by atoms with van der Waals surface area (Å²) in [5, 5.41) is 5.00. The van der Waals surface area contributed by atoms with E-state index in [1.54, 1.807) is 49.9 Å². The molecule has 1 saturated carbocycles. The number of carbonyl (C=O) groups excluding carboxylic acids is 3. The Balaban J connectivity index is 1.56. The monoisotopic (exact) mass is 724 g/mol. The van der Waals surface area contributed by atoms with Crippen molar-refractivity contribution in [3.05, 3.63) is 53.6 Å². The lowest BCUT2D eigenvalue weighted by atomic mass is 9.81. The highest BCUT2D eigenvalue weighted by molar-refractivity contribution is 7.91. The number of ether oxygens (including phenoxy) is 2. The minimum Gasteiger partial charge on any atom is -0.444 e. The van der Waals surface area contributed by atoms with Crippen molar-refractivity contribution in [1.82, 2.24) is 15.1 Å². The molecule has 0 spiro atoms. The predicted octanol–water partition coefficient (Wildman–Crippen LogP) is 5.92. The third kappa shape index (κ3) is 10.1. The number of nitrogens with zero attached hydrogens (tertiary/aromatic N) is 2. The highest BCUT2D eigenvalue weighted by atomic mass is 32.2. The van der Waals surface area contributed by atoms with E-state index < -0.39 is 57.5 Å². The fourth-order valence-corrected chi connectivity index (χ4v) is 8.23. The Kier molecular flexibility index (Phi) is 11.8. The molecule has 2 aliphatic rings. The summed E-state index contributed by atoms with van der Waals surface area (Å²) in [6.45, 7) is 11.1. The molecule has 0 radical (unpaired) electrons. The molecule has 2 N–H and O–H groups in total. The summed E-state index contributed by atoms with van der Waals surface area (Å²) in [4.78, 5) is 44.0. The Morgan fingerprint density at radius 2 is 1.70 bits per heavy atom. The van der Waals surface area contributed by atoms with E-state index in [1.807, 2.05) is 14.0 Å². The second-order valence-electron chi connectivity index (χ2n) is 14.4. The number of hydrogen-bond acceptors (Lipinski definition) is 8. The maximum atomic E-state index is 13.9. The van der Waals surface area contributed by atoms with Gasteiger partial charge in [0.15, 0.2) is 9.84 Å². The van der Waals surface area contributed by atoms with Gasteiger partial charge in [-0.15, -0.1) is 13.2 Å². The molecule has 1 saturated heterocycles. The van der Waals surface area contributed by atoms with Gasteiger partial charge in [-0.3, -0.25) is 14.9 Å². The third-order valence-corrected chi connectivity index (χ3v) is 11.0. The number of nitrogens with one attached hydrogen (secondary N) is 2. The van der Waals surface area contributed by atoms with Crippen LogP contribution in [0.25, 0.3) is 0 Å². The minimum absolute atomic E-state index is 0.111. The van der Waals surface area contributed by atoms with Crippen molar-refractivity contribution in [2.45, 2.75) is 108 Å². The number of amides is 3. The quantitative estimate of drug-likeness (QED) is 0.309. The molecule has 4 rings (SSSR count). The number of likely N-dealkylation sites (tertiary alicyclic amines) is 1. The number of hydrogen-bond donors (Lipinski definition) is 2. The van der Waals surface area contributed by atoms with Crippen LogP contribution >= 0.6 is 0 Å². The molecule has 2 aromatic rings. The molecular weight excluding hydrogens is 677 g/mol. The summed E-state index contributed by atoms with van der Waals surface area (Å²) in [6.07, 6.45) is -3.93. The lowest BCUT2D eigenvalue weighted by molar-refractivity contribution is -0.274. The molecule has 2 fully saturated rings. The highest BCUT2D eigenvalue weighted by Crippen LogP contribution is 2.36. The Morgan fingerprint density at radius 3 is 2.30 bits per heavy atom. The molecule has 1 aliphatic heterocycles. The zero-order chi connectivity index (χ0) is 37.2. The highest BCUT2D eigenvalue weighted by Gasteiger charge is 2.44. The summed E-state index contributed by atoms with van der Waals surface area (Å²) < 4.78 is 75.6. The van der Waals surface area contributed by atoms with E-state index in [2.05, 4.69) is 34.1 Å². The average molecular weight is 725 g/mol. The standard InChI is InChI=1S/C35H47F3N4O7S/c1-21(2)41(7)24-10-15-30(23(18-24)20-50(46,47)26-12-8-22(3)9-13-26)42-17-16-29(32(42)44)39-31(43)27-19-25(48-35(36,37)38)11-14-28(27)40-33(45)49-34(4,5)6/h8-9,11-14,19,21,23-24,29-30H,10,15-18,20H2,1-7H3,(H,39,43)(H,40,45)/t23-,24-,29+,30+/m1/s1. The van der Waals surface area contributed by atoms with Crippen LogP contribution in [0.3, 0.4) is 0 Å². The van der Waals surface area contributed by atoms with Crippen LogP contribution in [0.15, 0.2) is 47.4 Å². The predicted molar refractivity (Wildman–Crippen MR) is 182 cm³/mol. The molecule has 1 aliphatic carbocycles. The zero-order valence-corrected chi connectivity index (χ0v) is 30.3. The van der Waals surface area contributed by atoms with E-state index in [0.29, 0.717) is 12.8 Å². The van der Waals surface area contributed by atoms with Gasteiger partial charge in [0.1, 0.15) is 17.4 Å². The van der Waals surface area contributed by atoms with Crippen molar-refractivity contribution in [3.8, 4) is 5.75 Å². The van der Waals surface area contributed by atoms with Crippen LogP contribution in [0.5, 0.6) is 5.75 Å². The Labute approximate surface area is 291 Å². The molecule has 15 heteroatoms. The summed E-state index contributed by atoms with van der Waals surface area (Å²) in [5.41, 5.74) is -0.487. The minimum atomic E-state index is -5.04. The van der Waals surface area contributed by atoms with Crippen LogP contribution in [-0.2, 0) is 19.4 Å². The first-order valence-electron chi connectivity index (χ1n) is 16.7. The molecule has 0 bridgehead atoms. The van der Waals surface area contributed by atoms with Crippen molar-refractivity contribution in [3.63, 3.8) is 0 Å². The van der Waals surface area contributed by atoms with Gasteiger partial charge in [0.25, 0.3) is 5.91 Å². The topological polar surface area (TPSA) is 134 Å². The van der Waals surface area contributed by atoms with Crippen molar-refractivity contribution in [2.75, 3.05) is 24.7 Å². The van der Waals surface area contributed by atoms with Crippen LogP contribution in [0.1, 0.15) is 76.2 Å². The van der Waals surface area contributed by atoms with Crippen LogP contribution in [0.4, 0.5) is 23.7 Å². The molecule has 2 aromatic carbocycles. The molecule has 276 valence electrons. The summed E-state index contributed by atoms with van der Waals surface area (Å²) in [7, 11) is -1.69. The number of anilines is 1. The van der Waals surface area contributed by atoms with Gasteiger partial charge in [-0.25, -0.2) is 13.2 Å². The number of aryl methyl sites for hydroxylation is 1. The van der Waals surface area contributed by atoms with E-state index in [1.165, 1.54) is 0 Å². The van der Waals surface area contributed by atoms with Crippen molar-refractivity contribution in [2.24, 2.45) is 5.92 Å². The largest absolute Gasteiger partial charge is 0.573 e. The smallest absolute Gasteiger partial charge is 0.444 e. The van der Waals surface area contributed by atoms with Crippen LogP contribution in [0.2, 0.25) is 0 Å². The van der Waals surface area contributed by atoms with Gasteiger partial charge >= 0.3 is 12.5 Å². The number of carbonyl (C=O) groups is 3. The average Bonchev–Trinajstić information content (AvgIpc) is 3.34. The summed E-state index contributed by atoms with van der Waals surface area (Å²) in [6, 6.07) is 8.42. The number of alkyl halides is 3. The van der Waals surface area contributed by atoms with Crippen LogP contribution in [0, 0.1) is 12.8 Å². The maximum absolute atomic E-state index is 13.9. The van der Waals surface area contributed by atoms with E-state index >= 15 is 0 Å². The van der Waals surface area contributed by atoms with Gasteiger partial charge in [0, 0.05) is 24.7 Å². The first-order valence-corrected chi connectivity index (χ1v) is 18.3. The normalized spacial score (nSPS) is 21.8. The second kappa shape index (κ2) is 15.2. The van der Waals surface area contributed by atoms with E-state index in [0.717, 1.165) is 30.2 Å². The molecular formula is C35H47F3N4O7S. The molecule has 1 heterocycles. The summed E-state index contributed by atoms with van der Waals surface area (Å²) in [5.74, 6) is -2.57. The van der Waals surface area contributed by atoms with E-state index in [9.17, 15) is 36.0 Å². The van der Waals surface area contributed by atoms with Gasteiger partial charge in [-0.1, -0.05) is 17.7 Å². The van der Waals surface area contributed by atoms with Gasteiger partial charge in [-0.2, -0.15) is 0 Å². The van der Waals surface area contributed by atoms with Gasteiger partial charge in [0.05, 0.1) is 21.9 Å². The zero-order valence-electron chi connectivity index (χ0n) is 29.5. The Bertz CT molecular complexity index is 1660. The first kappa shape index (κ1) is 38.9. The van der Waals surface area contributed by atoms with Gasteiger partial charge in [0.2, 0.25) is 5.91 Å². The van der Waals surface area contributed by atoms with E-state index in [-0.39, 0.29) is 52.9 Å². The lowest BCUT2D eigenvalue weighted by Crippen LogP contribution is -2.53. The second-order valence-corrected chi connectivity index (χ2v) is 16.4. The number of halogens is 3. The molecule has 11 nitrogen and oxygen atoms in total. The van der Waals surface area contributed by atoms with Gasteiger partial charge < -0.3 is 24.6 Å². The Morgan fingerprint density at radius 1 is 1.04 bits per heavy atom. The van der Waals surface area contributed by atoms with Crippen molar-refractivity contribution < 1.29 is 45.4 Å². The third-order valence-electron chi connectivity index (χ3n) is 9.17. The maximum Gasteiger partial charge on any atom is 0.573 e. The van der Waals surface area contributed by atoms with Gasteiger partial charge in [-0.05, 0) is 111 Å².